The highest BCUT2D eigenvalue weighted by Gasteiger charge is 2.13. The summed E-state index contributed by atoms with van der Waals surface area (Å²) in [5.41, 5.74) is 2.55. The lowest BCUT2D eigenvalue weighted by atomic mass is 10.1. The molecule has 0 spiro atoms. The highest BCUT2D eigenvalue weighted by Crippen LogP contribution is 2.25. The van der Waals surface area contributed by atoms with Crippen molar-refractivity contribution in [3.8, 4) is 28.6 Å². The Bertz CT molecular complexity index is 1160. The average molecular weight is 434 g/mol. The van der Waals surface area contributed by atoms with Crippen LogP contribution in [0.15, 0.2) is 83.4 Å². The Morgan fingerprint density at radius 3 is 2.55 bits per heavy atom. The molecule has 0 unspecified atom stereocenters. The molecular formula is C24H20ClN3O3. The predicted molar refractivity (Wildman–Crippen MR) is 119 cm³/mol. The van der Waals surface area contributed by atoms with Crippen molar-refractivity contribution in [3.63, 3.8) is 0 Å². The van der Waals surface area contributed by atoms with E-state index < -0.39 is 0 Å². The van der Waals surface area contributed by atoms with E-state index in [1.54, 1.807) is 24.3 Å². The number of ether oxygens (including phenoxy) is 1. The minimum Gasteiger partial charge on any atom is -0.484 e. The number of amides is 1. The third-order valence-corrected chi connectivity index (χ3v) is 4.91. The van der Waals surface area contributed by atoms with Crippen molar-refractivity contribution in [2.75, 3.05) is 6.61 Å². The van der Waals surface area contributed by atoms with E-state index in [4.69, 9.17) is 20.9 Å². The van der Waals surface area contributed by atoms with E-state index in [1.165, 1.54) is 0 Å². The van der Waals surface area contributed by atoms with Crippen LogP contribution in [0.25, 0.3) is 22.8 Å². The fourth-order valence-electron chi connectivity index (χ4n) is 3.03. The van der Waals surface area contributed by atoms with Gasteiger partial charge in [0.1, 0.15) is 5.75 Å². The molecule has 0 aliphatic heterocycles. The topological polar surface area (TPSA) is 77.2 Å². The van der Waals surface area contributed by atoms with Gasteiger partial charge in [0, 0.05) is 16.1 Å². The number of halogens is 1. The highest BCUT2D eigenvalue weighted by atomic mass is 35.5. The van der Waals surface area contributed by atoms with Crippen LogP contribution in [0.4, 0.5) is 0 Å². The Morgan fingerprint density at radius 1 is 1.03 bits per heavy atom. The van der Waals surface area contributed by atoms with Crippen LogP contribution < -0.4 is 10.1 Å². The molecule has 156 valence electrons. The molecule has 1 aromatic heterocycles. The SMILES string of the molecule is C[C@H](NC(=O)COc1cccc(-c2nc(-c3ccccc3)no2)c1)c1ccc(Cl)cc1. The summed E-state index contributed by atoms with van der Waals surface area (Å²) < 4.78 is 11.0. The number of benzene rings is 3. The van der Waals surface area contributed by atoms with Gasteiger partial charge in [0.15, 0.2) is 6.61 Å². The third-order valence-electron chi connectivity index (χ3n) is 4.66. The first-order valence-corrected chi connectivity index (χ1v) is 10.1. The monoisotopic (exact) mass is 433 g/mol. The minimum absolute atomic E-state index is 0.111. The van der Waals surface area contributed by atoms with Gasteiger partial charge in [0.05, 0.1) is 6.04 Å². The maximum absolute atomic E-state index is 12.3. The first-order chi connectivity index (χ1) is 15.1. The summed E-state index contributed by atoms with van der Waals surface area (Å²) >= 11 is 5.91. The molecule has 1 amide bonds. The Kier molecular flexibility index (Phi) is 6.29. The number of nitrogens with zero attached hydrogens (tertiary/aromatic N) is 2. The van der Waals surface area contributed by atoms with Crippen LogP contribution in [0.2, 0.25) is 5.02 Å². The molecule has 3 aromatic carbocycles. The summed E-state index contributed by atoms with van der Waals surface area (Å²) in [6.07, 6.45) is 0. The smallest absolute Gasteiger partial charge is 0.258 e. The molecule has 0 saturated heterocycles. The van der Waals surface area contributed by atoms with Crippen molar-refractivity contribution in [3.05, 3.63) is 89.4 Å². The molecule has 6 nitrogen and oxygen atoms in total. The van der Waals surface area contributed by atoms with Crippen LogP contribution >= 0.6 is 11.6 Å². The Hall–Kier alpha value is -3.64. The predicted octanol–water partition coefficient (Wildman–Crippen LogP) is 5.31. The van der Waals surface area contributed by atoms with Crippen LogP contribution in [0.5, 0.6) is 5.75 Å². The van der Waals surface area contributed by atoms with Gasteiger partial charge in [0.25, 0.3) is 11.8 Å². The molecule has 4 rings (SSSR count). The van der Waals surface area contributed by atoms with Crippen LogP contribution in [0.1, 0.15) is 18.5 Å². The molecule has 0 saturated carbocycles. The normalized spacial score (nSPS) is 11.7. The van der Waals surface area contributed by atoms with E-state index in [2.05, 4.69) is 15.5 Å². The first kappa shape index (κ1) is 20.6. The second kappa shape index (κ2) is 9.45. The second-order valence-corrected chi connectivity index (χ2v) is 7.38. The van der Waals surface area contributed by atoms with E-state index in [1.807, 2.05) is 61.5 Å². The van der Waals surface area contributed by atoms with E-state index in [0.717, 1.165) is 11.1 Å². The van der Waals surface area contributed by atoms with Crippen molar-refractivity contribution in [1.29, 1.82) is 0 Å². The Morgan fingerprint density at radius 2 is 1.77 bits per heavy atom. The summed E-state index contributed by atoms with van der Waals surface area (Å²) in [5.74, 6) is 1.20. The quantitative estimate of drug-likeness (QED) is 0.427. The minimum atomic E-state index is -0.225. The van der Waals surface area contributed by atoms with Gasteiger partial charge in [-0.1, -0.05) is 65.3 Å². The van der Waals surface area contributed by atoms with Gasteiger partial charge in [-0.2, -0.15) is 4.98 Å². The number of carbonyl (C=O) groups is 1. The second-order valence-electron chi connectivity index (χ2n) is 6.95. The van der Waals surface area contributed by atoms with Crippen molar-refractivity contribution in [2.45, 2.75) is 13.0 Å². The summed E-state index contributed by atoms with van der Waals surface area (Å²) in [7, 11) is 0. The zero-order chi connectivity index (χ0) is 21.6. The lowest BCUT2D eigenvalue weighted by Crippen LogP contribution is -2.31. The molecule has 1 atom stereocenters. The number of rotatable bonds is 7. The molecule has 31 heavy (non-hydrogen) atoms. The Labute approximate surface area is 184 Å². The van der Waals surface area contributed by atoms with Gasteiger partial charge in [0.2, 0.25) is 5.82 Å². The lowest BCUT2D eigenvalue weighted by Gasteiger charge is -2.15. The lowest BCUT2D eigenvalue weighted by molar-refractivity contribution is -0.123. The van der Waals surface area contributed by atoms with Crippen molar-refractivity contribution in [1.82, 2.24) is 15.5 Å². The number of hydrogen-bond acceptors (Lipinski definition) is 5. The van der Waals surface area contributed by atoms with E-state index in [-0.39, 0.29) is 18.6 Å². The van der Waals surface area contributed by atoms with Gasteiger partial charge >= 0.3 is 0 Å². The van der Waals surface area contributed by atoms with Crippen LogP contribution in [-0.2, 0) is 4.79 Å². The van der Waals surface area contributed by atoms with Gasteiger partial charge in [-0.25, -0.2) is 0 Å². The number of nitrogens with one attached hydrogen (secondary N) is 1. The van der Waals surface area contributed by atoms with E-state index in [9.17, 15) is 4.79 Å². The van der Waals surface area contributed by atoms with E-state index in [0.29, 0.717) is 28.1 Å². The number of aromatic nitrogens is 2. The van der Waals surface area contributed by atoms with Gasteiger partial charge in [-0.05, 0) is 42.8 Å². The molecular weight excluding hydrogens is 414 g/mol. The van der Waals surface area contributed by atoms with E-state index >= 15 is 0 Å². The summed E-state index contributed by atoms with van der Waals surface area (Å²) in [6.45, 7) is 1.79. The van der Waals surface area contributed by atoms with Crippen LogP contribution in [0.3, 0.4) is 0 Å². The largest absolute Gasteiger partial charge is 0.484 e. The third kappa shape index (κ3) is 5.29. The van der Waals surface area contributed by atoms with Gasteiger partial charge < -0.3 is 14.6 Å². The summed E-state index contributed by atoms with van der Waals surface area (Å²) in [5, 5.41) is 7.60. The zero-order valence-corrected chi connectivity index (χ0v) is 17.5. The number of hydrogen-bond donors (Lipinski definition) is 1. The first-order valence-electron chi connectivity index (χ1n) is 9.76. The van der Waals surface area contributed by atoms with Crippen molar-refractivity contribution >= 4 is 17.5 Å². The maximum atomic E-state index is 12.3. The molecule has 0 fully saturated rings. The number of carbonyl (C=O) groups excluding carboxylic acids is 1. The molecule has 0 radical (unpaired) electrons. The highest BCUT2D eigenvalue weighted by molar-refractivity contribution is 6.30. The van der Waals surface area contributed by atoms with Gasteiger partial charge in [-0.15, -0.1) is 0 Å². The standard InChI is InChI=1S/C24H20ClN3O3/c1-16(17-10-12-20(25)13-11-17)26-22(29)15-30-21-9-5-8-19(14-21)24-27-23(28-31-24)18-6-3-2-4-7-18/h2-14,16H,15H2,1H3,(H,26,29)/t16-/m0/s1. The molecule has 0 aliphatic rings. The van der Waals surface area contributed by atoms with Crippen molar-refractivity contribution < 1.29 is 14.1 Å². The van der Waals surface area contributed by atoms with Crippen LogP contribution in [0, 0.1) is 0 Å². The molecule has 0 aliphatic carbocycles. The molecule has 7 heteroatoms. The zero-order valence-electron chi connectivity index (χ0n) is 16.8. The fraction of sp³-hybridized carbons (Fsp3) is 0.125. The average Bonchev–Trinajstić information content (AvgIpc) is 3.29. The Balaban J connectivity index is 1.37. The molecule has 1 heterocycles. The van der Waals surface area contributed by atoms with Crippen LogP contribution in [-0.4, -0.2) is 22.7 Å². The summed E-state index contributed by atoms with van der Waals surface area (Å²) in [6, 6.07) is 24.0. The molecule has 4 aromatic rings. The van der Waals surface area contributed by atoms with Gasteiger partial charge in [-0.3, -0.25) is 4.79 Å². The maximum Gasteiger partial charge on any atom is 0.258 e. The summed E-state index contributed by atoms with van der Waals surface area (Å²) in [4.78, 5) is 16.7. The molecule has 1 N–H and O–H groups in total. The van der Waals surface area contributed by atoms with Crippen molar-refractivity contribution in [2.24, 2.45) is 0 Å². The molecule has 0 bridgehead atoms. The fourth-order valence-corrected chi connectivity index (χ4v) is 3.16.